The summed E-state index contributed by atoms with van der Waals surface area (Å²) < 4.78 is 0. The van der Waals surface area contributed by atoms with Crippen LogP contribution in [0, 0.1) is 0 Å². The molecule has 0 spiro atoms. The highest BCUT2D eigenvalue weighted by molar-refractivity contribution is 7.98. The van der Waals surface area contributed by atoms with E-state index < -0.39 is 5.97 Å². The fourth-order valence-corrected chi connectivity index (χ4v) is 1.44. The van der Waals surface area contributed by atoms with Crippen LogP contribution in [0.15, 0.2) is 0 Å². The van der Waals surface area contributed by atoms with Gasteiger partial charge in [0.1, 0.15) is 6.04 Å². The van der Waals surface area contributed by atoms with Crippen LogP contribution in [0.2, 0.25) is 0 Å². The van der Waals surface area contributed by atoms with Gasteiger partial charge in [-0.2, -0.15) is 11.8 Å². The second-order valence-corrected chi connectivity index (χ2v) is 3.69. The monoisotopic (exact) mass is 191 g/mol. The van der Waals surface area contributed by atoms with Crippen molar-refractivity contribution in [1.82, 2.24) is 4.90 Å². The molecule has 0 saturated heterocycles. The molecular formula is C8H17NO2S. The molecule has 0 rings (SSSR count). The Hall–Kier alpha value is -0.220. The number of carboxylic acid groups (broad SMARTS) is 1. The molecule has 0 heterocycles. The van der Waals surface area contributed by atoms with Gasteiger partial charge in [0.25, 0.3) is 0 Å². The van der Waals surface area contributed by atoms with Crippen LogP contribution in [0.5, 0.6) is 0 Å². The van der Waals surface area contributed by atoms with Gasteiger partial charge in [0.05, 0.1) is 0 Å². The Labute approximate surface area is 78.1 Å². The van der Waals surface area contributed by atoms with Gasteiger partial charge < -0.3 is 5.11 Å². The fourth-order valence-electron chi connectivity index (χ4n) is 0.982. The van der Waals surface area contributed by atoms with Crippen LogP contribution in [0.4, 0.5) is 0 Å². The average Bonchev–Trinajstić information content (AvgIpc) is 2.04. The number of carbonyl (C=O) groups is 1. The number of hydrogen-bond acceptors (Lipinski definition) is 3. The Balaban J connectivity index is 3.94. The second-order valence-electron chi connectivity index (χ2n) is 2.71. The van der Waals surface area contributed by atoms with Crippen LogP contribution >= 0.6 is 11.8 Å². The summed E-state index contributed by atoms with van der Waals surface area (Å²) in [6, 6.07) is -0.317. The lowest BCUT2D eigenvalue weighted by Gasteiger charge is -2.22. The molecule has 0 aliphatic heterocycles. The highest BCUT2D eigenvalue weighted by Crippen LogP contribution is 2.06. The Morgan fingerprint density at radius 1 is 1.67 bits per heavy atom. The van der Waals surface area contributed by atoms with Gasteiger partial charge in [0.2, 0.25) is 0 Å². The van der Waals surface area contributed by atoms with Crippen molar-refractivity contribution in [1.29, 1.82) is 0 Å². The minimum absolute atomic E-state index is 0.317. The normalized spacial score (nSPS) is 13.3. The first-order valence-corrected chi connectivity index (χ1v) is 5.44. The summed E-state index contributed by atoms with van der Waals surface area (Å²) in [4.78, 5) is 12.6. The average molecular weight is 191 g/mol. The molecule has 3 nitrogen and oxygen atoms in total. The number of likely N-dealkylation sites (N-methyl/N-ethyl adjacent to an activating group) is 1. The van der Waals surface area contributed by atoms with E-state index in [4.69, 9.17) is 5.11 Å². The van der Waals surface area contributed by atoms with Crippen molar-refractivity contribution in [2.45, 2.75) is 19.4 Å². The quantitative estimate of drug-likeness (QED) is 0.683. The third-order valence-corrected chi connectivity index (χ3v) is 2.56. The number of nitrogens with zero attached hydrogens (tertiary/aromatic N) is 1. The van der Waals surface area contributed by atoms with E-state index >= 15 is 0 Å². The summed E-state index contributed by atoms with van der Waals surface area (Å²) in [5.41, 5.74) is 0. The minimum atomic E-state index is -0.714. The Kier molecular flexibility index (Phi) is 6.20. The van der Waals surface area contributed by atoms with Crippen molar-refractivity contribution < 1.29 is 9.90 Å². The van der Waals surface area contributed by atoms with Gasteiger partial charge in [-0.15, -0.1) is 0 Å². The first kappa shape index (κ1) is 11.8. The van der Waals surface area contributed by atoms with Crippen LogP contribution in [0.3, 0.4) is 0 Å². The number of aliphatic carboxylic acids is 1. The molecule has 0 aromatic rings. The van der Waals surface area contributed by atoms with Crippen LogP contribution in [0.25, 0.3) is 0 Å². The second kappa shape index (κ2) is 6.31. The lowest BCUT2D eigenvalue weighted by atomic mass is 10.2. The SMILES string of the molecule is CCN(C)[C@@H](CCSC)C(=O)O. The highest BCUT2D eigenvalue weighted by Gasteiger charge is 2.20. The molecule has 12 heavy (non-hydrogen) atoms. The number of carboxylic acids is 1. The number of hydrogen-bond donors (Lipinski definition) is 1. The third kappa shape index (κ3) is 3.97. The predicted octanol–water partition coefficient (Wildman–Crippen LogP) is 1.14. The van der Waals surface area contributed by atoms with E-state index in [-0.39, 0.29) is 6.04 Å². The topological polar surface area (TPSA) is 40.5 Å². The minimum Gasteiger partial charge on any atom is -0.480 e. The molecule has 0 bridgehead atoms. The molecule has 0 unspecified atom stereocenters. The van der Waals surface area contributed by atoms with E-state index in [2.05, 4.69) is 0 Å². The van der Waals surface area contributed by atoms with Gasteiger partial charge in [-0.25, -0.2) is 0 Å². The maximum Gasteiger partial charge on any atom is 0.320 e. The molecule has 0 fully saturated rings. The molecule has 1 N–H and O–H groups in total. The first-order valence-electron chi connectivity index (χ1n) is 4.05. The molecule has 0 aliphatic rings. The predicted molar refractivity (Wildman–Crippen MR) is 52.7 cm³/mol. The van der Waals surface area contributed by atoms with Crippen molar-refractivity contribution in [3.05, 3.63) is 0 Å². The van der Waals surface area contributed by atoms with Gasteiger partial charge >= 0.3 is 5.97 Å². The third-order valence-electron chi connectivity index (χ3n) is 1.91. The summed E-state index contributed by atoms with van der Waals surface area (Å²) in [7, 11) is 1.85. The molecule has 1 atom stereocenters. The van der Waals surface area contributed by atoms with E-state index in [1.54, 1.807) is 11.8 Å². The molecular weight excluding hydrogens is 174 g/mol. The van der Waals surface area contributed by atoms with Gasteiger partial charge in [-0.1, -0.05) is 6.92 Å². The van der Waals surface area contributed by atoms with Crippen molar-refractivity contribution >= 4 is 17.7 Å². The summed E-state index contributed by atoms with van der Waals surface area (Å²) >= 11 is 1.69. The highest BCUT2D eigenvalue weighted by atomic mass is 32.2. The molecule has 0 aromatic heterocycles. The Morgan fingerprint density at radius 3 is 2.58 bits per heavy atom. The van der Waals surface area contributed by atoms with Gasteiger partial charge in [-0.3, -0.25) is 9.69 Å². The van der Waals surface area contributed by atoms with Gasteiger partial charge in [0, 0.05) is 0 Å². The standard InChI is InChI=1S/C8H17NO2S/c1-4-9(2)7(8(10)11)5-6-12-3/h7H,4-6H2,1-3H3,(H,10,11)/t7-/m0/s1. The van der Waals surface area contributed by atoms with Crippen LogP contribution in [-0.4, -0.2) is 47.6 Å². The molecule has 0 aliphatic carbocycles. The number of thioether (sulfide) groups is 1. The number of rotatable bonds is 6. The summed E-state index contributed by atoms with van der Waals surface area (Å²) in [5, 5.41) is 8.85. The van der Waals surface area contributed by atoms with Crippen molar-refractivity contribution in [3.63, 3.8) is 0 Å². The lowest BCUT2D eigenvalue weighted by Crippen LogP contribution is -2.38. The fraction of sp³-hybridized carbons (Fsp3) is 0.875. The Bertz CT molecular complexity index is 141. The Morgan fingerprint density at radius 2 is 2.25 bits per heavy atom. The molecule has 72 valence electrons. The molecule has 0 aromatic carbocycles. The molecule has 0 radical (unpaired) electrons. The molecule has 0 saturated carbocycles. The van der Waals surface area contributed by atoms with Crippen LogP contribution in [0.1, 0.15) is 13.3 Å². The lowest BCUT2D eigenvalue weighted by molar-refractivity contribution is -0.142. The zero-order chi connectivity index (χ0) is 9.56. The van der Waals surface area contributed by atoms with E-state index in [0.29, 0.717) is 0 Å². The summed E-state index contributed by atoms with van der Waals surface area (Å²) in [6.45, 7) is 2.75. The molecule has 0 amide bonds. The summed E-state index contributed by atoms with van der Waals surface area (Å²) in [6.07, 6.45) is 2.71. The van der Waals surface area contributed by atoms with E-state index in [1.807, 2.05) is 25.1 Å². The van der Waals surface area contributed by atoms with Crippen molar-refractivity contribution in [2.75, 3.05) is 25.6 Å². The smallest absolute Gasteiger partial charge is 0.320 e. The van der Waals surface area contributed by atoms with Crippen LogP contribution < -0.4 is 0 Å². The maximum atomic E-state index is 10.8. The molecule has 4 heteroatoms. The van der Waals surface area contributed by atoms with Gasteiger partial charge in [-0.05, 0) is 32.0 Å². The zero-order valence-electron chi connectivity index (χ0n) is 7.91. The van der Waals surface area contributed by atoms with Crippen molar-refractivity contribution in [2.24, 2.45) is 0 Å². The van der Waals surface area contributed by atoms with E-state index in [0.717, 1.165) is 18.7 Å². The zero-order valence-corrected chi connectivity index (χ0v) is 8.73. The van der Waals surface area contributed by atoms with E-state index in [1.165, 1.54) is 0 Å². The maximum absolute atomic E-state index is 10.8. The van der Waals surface area contributed by atoms with Gasteiger partial charge in [0.15, 0.2) is 0 Å². The first-order chi connectivity index (χ1) is 5.63. The summed E-state index contributed by atoms with van der Waals surface area (Å²) in [5.74, 6) is 0.190. The van der Waals surface area contributed by atoms with Crippen LogP contribution in [-0.2, 0) is 4.79 Å². The van der Waals surface area contributed by atoms with Crippen molar-refractivity contribution in [3.8, 4) is 0 Å². The largest absolute Gasteiger partial charge is 0.480 e. The van der Waals surface area contributed by atoms with E-state index in [9.17, 15) is 4.79 Å².